The normalized spacial score (nSPS) is 14.4. The van der Waals surface area contributed by atoms with Gasteiger partial charge in [0.2, 0.25) is 11.1 Å². The molecule has 29 heavy (non-hydrogen) atoms. The molecule has 1 N–H and O–H groups in total. The smallest absolute Gasteiger partial charge is 0.414 e. The predicted octanol–water partition coefficient (Wildman–Crippen LogP) is 3.34. The third-order valence-corrected chi connectivity index (χ3v) is 4.67. The summed E-state index contributed by atoms with van der Waals surface area (Å²) in [6, 6.07) is 9.58. The third kappa shape index (κ3) is 6.31. The molecular formula is C19H25N5O4S. The number of hydrogen-bond donors (Lipinski definition) is 1. The highest BCUT2D eigenvalue weighted by molar-refractivity contribution is 7.10. The van der Waals surface area contributed by atoms with Crippen LogP contribution in [0.1, 0.15) is 26.3 Å². The van der Waals surface area contributed by atoms with Gasteiger partial charge in [-0.25, -0.2) is 9.59 Å². The van der Waals surface area contributed by atoms with Gasteiger partial charge in [0.1, 0.15) is 12.2 Å². The van der Waals surface area contributed by atoms with Crippen molar-refractivity contribution in [1.82, 2.24) is 14.3 Å². The standard InChI is InChI=1S/C19H25N5O4S/c1-19(2,3)28-17(25)21-16-20-15(22-29-16)23-9-11-24(12-10-23)18(26)27-13-14-7-5-4-6-8-14/h4-8H,9-13H2,1-3H3,(H,20,21,22,25). The van der Waals surface area contributed by atoms with Crippen LogP contribution in [0.2, 0.25) is 0 Å². The SMILES string of the molecule is CC(C)(C)OC(=O)Nc1nc(N2CCN(C(=O)OCc3ccccc3)CC2)ns1. The molecule has 1 aliphatic rings. The van der Waals surface area contributed by atoms with Crippen LogP contribution in [0.25, 0.3) is 0 Å². The number of aromatic nitrogens is 2. The van der Waals surface area contributed by atoms with Crippen LogP contribution in [0.3, 0.4) is 0 Å². The molecule has 1 aromatic carbocycles. The number of nitrogens with zero attached hydrogens (tertiary/aromatic N) is 4. The Bertz CT molecular complexity index is 829. The fraction of sp³-hybridized carbons (Fsp3) is 0.474. The molecule has 156 valence electrons. The third-order valence-electron chi connectivity index (χ3n) is 4.05. The summed E-state index contributed by atoms with van der Waals surface area (Å²) in [6.45, 7) is 7.84. The maximum Gasteiger partial charge on any atom is 0.414 e. The Morgan fingerprint density at radius 1 is 1.14 bits per heavy atom. The number of carbonyl (C=O) groups is 2. The van der Waals surface area contributed by atoms with E-state index in [9.17, 15) is 9.59 Å². The van der Waals surface area contributed by atoms with E-state index < -0.39 is 11.7 Å². The van der Waals surface area contributed by atoms with Gasteiger partial charge < -0.3 is 19.3 Å². The van der Waals surface area contributed by atoms with Crippen LogP contribution in [-0.4, -0.2) is 58.2 Å². The van der Waals surface area contributed by atoms with Gasteiger partial charge in [-0.2, -0.15) is 9.36 Å². The molecule has 0 spiro atoms. The molecule has 1 aromatic heterocycles. The molecule has 0 saturated carbocycles. The fourth-order valence-electron chi connectivity index (χ4n) is 2.69. The zero-order chi connectivity index (χ0) is 20.9. The molecule has 10 heteroatoms. The Balaban J connectivity index is 1.45. The molecule has 0 unspecified atom stereocenters. The first-order valence-corrected chi connectivity index (χ1v) is 10.1. The predicted molar refractivity (Wildman–Crippen MR) is 110 cm³/mol. The molecule has 2 heterocycles. The zero-order valence-electron chi connectivity index (χ0n) is 16.8. The summed E-state index contributed by atoms with van der Waals surface area (Å²) in [7, 11) is 0. The van der Waals surface area contributed by atoms with Crippen LogP contribution >= 0.6 is 11.5 Å². The minimum atomic E-state index is -0.580. The number of ether oxygens (including phenoxy) is 2. The highest BCUT2D eigenvalue weighted by Gasteiger charge is 2.25. The molecule has 0 aliphatic carbocycles. The molecule has 0 radical (unpaired) electrons. The molecule has 1 fully saturated rings. The number of benzene rings is 1. The Morgan fingerprint density at radius 2 is 1.83 bits per heavy atom. The molecule has 1 aliphatic heterocycles. The second-order valence-corrected chi connectivity index (χ2v) is 8.29. The number of piperazine rings is 1. The van der Waals surface area contributed by atoms with Gasteiger partial charge in [0, 0.05) is 37.7 Å². The molecule has 0 bridgehead atoms. The summed E-state index contributed by atoms with van der Waals surface area (Å²) < 4.78 is 14.9. The van der Waals surface area contributed by atoms with Crippen LogP contribution < -0.4 is 10.2 Å². The lowest BCUT2D eigenvalue weighted by Gasteiger charge is -2.33. The summed E-state index contributed by atoms with van der Waals surface area (Å²) in [5, 5.41) is 2.96. The lowest BCUT2D eigenvalue weighted by atomic mass is 10.2. The van der Waals surface area contributed by atoms with E-state index in [-0.39, 0.29) is 12.7 Å². The van der Waals surface area contributed by atoms with E-state index >= 15 is 0 Å². The van der Waals surface area contributed by atoms with Crippen molar-refractivity contribution in [1.29, 1.82) is 0 Å². The van der Waals surface area contributed by atoms with E-state index in [1.54, 1.807) is 25.7 Å². The number of nitrogens with one attached hydrogen (secondary N) is 1. The summed E-state index contributed by atoms with van der Waals surface area (Å²) in [5.74, 6) is 0.526. The van der Waals surface area contributed by atoms with E-state index in [1.165, 1.54) is 0 Å². The number of rotatable bonds is 4. The van der Waals surface area contributed by atoms with E-state index in [0.717, 1.165) is 17.1 Å². The molecular weight excluding hydrogens is 394 g/mol. The fourth-order valence-corrected chi connectivity index (χ4v) is 3.26. The molecule has 9 nitrogen and oxygen atoms in total. The Labute approximate surface area is 173 Å². The minimum absolute atomic E-state index is 0.257. The Kier molecular flexibility index (Phi) is 6.53. The first-order chi connectivity index (χ1) is 13.8. The van der Waals surface area contributed by atoms with Crippen LogP contribution in [0.5, 0.6) is 0 Å². The second-order valence-electron chi connectivity index (χ2n) is 7.54. The van der Waals surface area contributed by atoms with Crippen molar-refractivity contribution in [2.24, 2.45) is 0 Å². The summed E-state index contributed by atoms with van der Waals surface area (Å²) in [4.78, 5) is 32.1. The minimum Gasteiger partial charge on any atom is -0.445 e. The van der Waals surface area contributed by atoms with E-state index in [2.05, 4.69) is 14.7 Å². The maximum absolute atomic E-state index is 12.2. The first-order valence-electron chi connectivity index (χ1n) is 9.34. The monoisotopic (exact) mass is 419 g/mol. The Hall–Kier alpha value is -2.88. The van der Waals surface area contributed by atoms with Gasteiger partial charge in [-0.3, -0.25) is 5.32 Å². The number of carbonyl (C=O) groups excluding carboxylic acids is 2. The van der Waals surface area contributed by atoms with Gasteiger partial charge in [0.25, 0.3) is 0 Å². The second kappa shape index (κ2) is 9.08. The summed E-state index contributed by atoms with van der Waals surface area (Å²) in [6.07, 6.45) is -0.891. The lowest BCUT2D eigenvalue weighted by Crippen LogP contribution is -2.49. The maximum atomic E-state index is 12.2. The molecule has 2 aromatic rings. The molecule has 0 atom stereocenters. The van der Waals surface area contributed by atoms with E-state index in [1.807, 2.05) is 35.2 Å². The van der Waals surface area contributed by atoms with Crippen molar-refractivity contribution in [3.8, 4) is 0 Å². The Morgan fingerprint density at radius 3 is 2.48 bits per heavy atom. The van der Waals surface area contributed by atoms with Crippen molar-refractivity contribution in [2.45, 2.75) is 33.0 Å². The largest absolute Gasteiger partial charge is 0.445 e. The topological polar surface area (TPSA) is 96.9 Å². The highest BCUT2D eigenvalue weighted by atomic mass is 32.1. The number of anilines is 2. The molecule has 3 rings (SSSR count). The average molecular weight is 420 g/mol. The highest BCUT2D eigenvalue weighted by Crippen LogP contribution is 2.20. The average Bonchev–Trinajstić information content (AvgIpc) is 3.14. The summed E-state index contributed by atoms with van der Waals surface area (Å²) >= 11 is 1.09. The number of amides is 2. The zero-order valence-corrected chi connectivity index (χ0v) is 17.6. The van der Waals surface area contributed by atoms with Gasteiger partial charge in [-0.05, 0) is 26.3 Å². The number of hydrogen-bond acceptors (Lipinski definition) is 8. The molecule has 1 saturated heterocycles. The van der Waals surface area contributed by atoms with Crippen LogP contribution in [-0.2, 0) is 16.1 Å². The van der Waals surface area contributed by atoms with Crippen molar-refractivity contribution < 1.29 is 19.1 Å². The first kappa shape index (κ1) is 20.8. The van der Waals surface area contributed by atoms with Crippen molar-refractivity contribution in [3.63, 3.8) is 0 Å². The van der Waals surface area contributed by atoms with E-state index in [4.69, 9.17) is 9.47 Å². The quantitative estimate of drug-likeness (QED) is 0.812. The van der Waals surface area contributed by atoms with Gasteiger partial charge in [-0.15, -0.1) is 0 Å². The molecule has 2 amide bonds. The van der Waals surface area contributed by atoms with Crippen molar-refractivity contribution in [3.05, 3.63) is 35.9 Å². The van der Waals surface area contributed by atoms with Crippen LogP contribution in [0, 0.1) is 0 Å². The van der Waals surface area contributed by atoms with Gasteiger partial charge in [0.05, 0.1) is 0 Å². The van der Waals surface area contributed by atoms with Gasteiger partial charge in [-0.1, -0.05) is 30.3 Å². The van der Waals surface area contributed by atoms with Crippen molar-refractivity contribution in [2.75, 3.05) is 36.4 Å². The van der Waals surface area contributed by atoms with Crippen LogP contribution in [0.15, 0.2) is 30.3 Å². The van der Waals surface area contributed by atoms with Crippen LogP contribution in [0.4, 0.5) is 20.7 Å². The lowest BCUT2D eigenvalue weighted by molar-refractivity contribution is 0.0635. The van der Waals surface area contributed by atoms with Gasteiger partial charge >= 0.3 is 12.2 Å². The van der Waals surface area contributed by atoms with Gasteiger partial charge in [0.15, 0.2) is 0 Å². The van der Waals surface area contributed by atoms with E-state index in [0.29, 0.717) is 37.3 Å². The van der Waals surface area contributed by atoms with Crippen molar-refractivity contribution >= 4 is 34.8 Å². The summed E-state index contributed by atoms with van der Waals surface area (Å²) in [5.41, 5.74) is 0.374.